The second-order valence-corrected chi connectivity index (χ2v) is 10.6. The Kier molecular flexibility index (Phi) is 6.24. The molecule has 0 radical (unpaired) electrons. The predicted octanol–water partition coefficient (Wildman–Crippen LogP) is 9.60. The Balaban J connectivity index is 1.35. The summed E-state index contributed by atoms with van der Waals surface area (Å²) >= 11 is 1.67. The first-order chi connectivity index (χ1) is 20.4. The molecule has 42 heavy (non-hydrogen) atoms. The molecule has 2 heterocycles. The van der Waals surface area contributed by atoms with E-state index >= 15 is 0 Å². The molecule has 2 aromatic heterocycles. The van der Waals surface area contributed by atoms with Gasteiger partial charge in [0.15, 0.2) is 40.7 Å². The molecule has 9 heteroatoms. The van der Waals surface area contributed by atoms with Crippen molar-refractivity contribution in [2.24, 2.45) is 0 Å². The van der Waals surface area contributed by atoms with E-state index in [1.165, 1.54) is 34.4 Å². The van der Waals surface area contributed by atoms with Crippen LogP contribution in [0, 0.1) is 29.1 Å². The molecule has 0 atom stereocenters. The highest BCUT2D eigenvalue weighted by Crippen LogP contribution is 2.37. The van der Waals surface area contributed by atoms with Gasteiger partial charge in [-0.25, -0.2) is 36.9 Å². The van der Waals surface area contributed by atoms with Crippen LogP contribution >= 0.6 is 11.3 Å². The predicted molar refractivity (Wildman–Crippen MR) is 154 cm³/mol. The van der Waals surface area contributed by atoms with Gasteiger partial charge >= 0.3 is 0 Å². The number of rotatable bonds is 4. The minimum atomic E-state index is -2.20. The maximum atomic E-state index is 14.4. The van der Waals surface area contributed by atoms with E-state index in [4.69, 9.17) is 9.97 Å². The first-order valence-corrected chi connectivity index (χ1v) is 13.6. The Morgan fingerprint density at radius 2 is 0.881 bits per heavy atom. The molecule has 0 saturated carbocycles. The number of hydrogen-bond donors (Lipinski definition) is 0. The SMILES string of the molecule is Fc1c(F)c(F)c(-c2ccc(-c3nc(-c4ccccc4)nc(-c4ccc5c(c4)sc4ccccc45)n3)cc2)c(F)c1F. The third-order valence-electron chi connectivity index (χ3n) is 6.95. The van der Waals surface area contributed by atoms with Crippen LogP contribution in [0.3, 0.4) is 0 Å². The van der Waals surface area contributed by atoms with Crippen LogP contribution in [-0.2, 0) is 0 Å². The summed E-state index contributed by atoms with van der Waals surface area (Å²) in [6.45, 7) is 0. The number of halogens is 5. The Morgan fingerprint density at radius 3 is 1.55 bits per heavy atom. The maximum Gasteiger partial charge on any atom is 0.200 e. The molecule has 3 nitrogen and oxygen atoms in total. The molecule has 0 N–H and O–H groups in total. The average Bonchev–Trinajstić information content (AvgIpc) is 3.41. The van der Waals surface area contributed by atoms with Crippen molar-refractivity contribution in [3.8, 4) is 45.3 Å². The third-order valence-corrected chi connectivity index (χ3v) is 8.08. The highest BCUT2D eigenvalue weighted by Gasteiger charge is 2.26. The second kappa shape index (κ2) is 10.1. The summed E-state index contributed by atoms with van der Waals surface area (Å²) in [5, 5.41) is 2.29. The smallest absolute Gasteiger partial charge is 0.200 e. The highest BCUT2D eigenvalue weighted by molar-refractivity contribution is 7.25. The van der Waals surface area contributed by atoms with Crippen LogP contribution in [0.5, 0.6) is 0 Å². The van der Waals surface area contributed by atoms with Gasteiger partial charge in [-0.2, -0.15) is 0 Å². The van der Waals surface area contributed by atoms with Crippen LogP contribution in [-0.4, -0.2) is 15.0 Å². The molecule has 7 aromatic rings. The standard InChI is InChI=1S/C33H16F5N3S/c34-26-25(27(35)29(37)30(38)28(26)36)17-10-12-19(13-11-17)32-39-31(18-6-2-1-3-7-18)40-33(41-32)20-14-15-22-21-8-4-5-9-23(21)42-24(22)16-20/h1-16H. The summed E-state index contributed by atoms with van der Waals surface area (Å²) in [5.74, 6) is -8.90. The van der Waals surface area contributed by atoms with Crippen molar-refractivity contribution >= 4 is 31.5 Å². The van der Waals surface area contributed by atoms with E-state index < -0.39 is 34.6 Å². The molecule has 7 rings (SSSR count). The first-order valence-electron chi connectivity index (χ1n) is 12.7. The van der Waals surface area contributed by atoms with E-state index in [0.717, 1.165) is 21.2 Å². The van der Waals surface area contributed by atoms with E-state index in [9.17, 15) is 22.0 Å². The van der Waals surface area contributed by atoms with E-state index in [2.05, 4.69) is 17.1 Å². The van der Waals surface area contributed by atoms with Crippen molar-refractivity contribution in [2.45, 2.75) is 0 Å². The molecule has 0 saturated heterocycles. The van der Waals surface area contributed by atoms with Gasteiger partial charge in [0, 0.05) is 36.9 Å². The monoisotopic (exact) mass is 581 g/mol. The first kappa shape index (κ1) is 25.9. The fraction of sp³-hybridized carbons (Fsp3) is 0. The van der Waals surface area contributed by atoms with Gasteiger partial charge in [-0.15, -0.1) is 11.3 Å². The van der Waals surface area contributed by atoms with Crippen molar-refractivity contribution in [2.75, 3.05) is 0 Å². The van der Waals surface area contributed by atoms with Gasteiger partial charge in [-0.3, -0.25) is 0 Å². The molecule has 0 aliphatic rings. The van der Waals surface area contributed by atoms with Crippen molar-refractivity contribution in [1.82, 2.24) is 15.0 Å². The summed E-state index contributed by atoms with van der Waals surface area (Å²) in [4.78, 5) is 14.1. The Labute approximate surface area is 239 Å². The lowest BCUT2D eigenvalue weighted by molar-refractivity contribution is 0.381. The zero-order valence-electron chi connectivity index (χ0n) is 21.4. The van der Waals surface area contributed by atoms with Crippen molar-refractivity contribution in [3.63, 3.8) is 0 Å². The Bertz CT molecular complexity index is 2120. The summed E-state index contributed by atoms with van der Waals surface area (Å²) in [7, 11) is 0. The van der Waals surface area contributed by atoms with Gasteiger partial charge in [0.05, 0.1) is 5.56 Å². The topological polar surface area (TPSA) is 38.7 Å². The molecular weight excluding hydrogens is 565 g/mol. The minimum Gasteiger partial charge on any atom is -0.208 e. The molecule has 0 spiro atoms. The number of thiophene rings is 1. The van der Waals surface area contributed by atoms with E-state index in [1.54, 1.807) is 11.3 Å². The van der Waals surface area contributed by atoms with Gasteiger partial charge in [0.25, 0.3) is 0 Å². The van der Waals surface area contributed by atoms with Gasteiger partial charge in [0.2, 0.25) is 5.82 Å². The summed E-state index contributed by atoms with van der Waals surface area (Å²) in [6.07, 6.45) is 0. The molecule has 5 aromatic carbocycles. The number of hydrogen-bond acceptors (Lipinski definition) is 4. The van der Waals surface area contributed by atoms with Crippen LogP contribution < -0.4 is 0 Å². The number of fused-ring (bicyclic) bond motifs is 3. The van der Waals surface area contributed by atoms with Crippen LogP contribution in [0.4, 0.5) is 22.0 Å². The maximum absolute atomic E-state index is 14.4. The van der Waals surface area contributed by atoms with Crippen LogP contribution in [0.1, 0.15) is 0 Å². The number of benzene rings is 5. The summed E-state index contributed by atoms with van der Waals surface area (Å²) < 4.78 is 72.3. The van der Waals surface area contributed by atoms with Crippen LogP contribution in [0.25, 0.3) is 65.5 Å². The summed E-state index contributed by atoms with van der Waals surface area (Å²) in [5.41, 5.74) is 0.804. The highest BCUT2D eigenvalue weighted by atomic mass is 32.1. The molecule has 0 aliphatic heterocycles. The molecule has 0 aliphatic carbocycles. The third kappa shape index (κ3) is 4.29. The lowest BCUT2D eigenvalue weighted by Crippen LogP contribution is -2.04. The summed E-state index contributed by atoms with van der Waals surface area (Å²) in [6, 6.07) is 29.0. The van der Waals surface area contributed by atoms with Crippen LogP contribution in [0.2, 0.25) is 0 Å². The van der Waals surface area contributed by atoms with E-state index in [0.29, 0.717) is 17.2 Å². The lowest BCUT2D eigenvalue weighted by Gasteiger charge is -2.10. The minimum absolute atomic E-state index is 0.181. The van der Waals surface area contributed by atoms with Gasteiger partial charge in [-0.1, -0.05) is 84.9 Å². The lowest BCUT2D eigenvalue weighted by atomic mass is 10.0. The molecular formula is C33H16F5N3S. The molecule has 204 valence electrons. The van der Waals surface area contributed by atoms with E-state index in [1.807, 2.05) is 60.7 Å². The zero-order chi connectivity index (χ0) is 29.0. The second-order valence-electron chi connectivity index (χ2n) is 9.50. The zero-order valence-corrected chi connectivity index (χ0v) is 22.2. The molecule has 0 fully saturated rings. The largest absolute Gasteiger partial charge is 0.208 e. The molecule has 0 amide bonds. The van der Waals surface area contributed by atoms with Gasteiger partial charge in [0.1, 0.15) is 0 Å². The van der Waals surface area contributed by atoms with Gasteiger partial charge < -0.3 is 0 Å². The number of aromatic nitrogens is 3. The van der Waals surface area contributed by atoms with Gasteiger partial charge in [-0.05, 0) is 17.7 Å². The normalized spacial score (nSPS) is 11.5. The molecule has 0 unspecified atom stereocenters. The van der Waals surface area contributed by atoms with Crippen molar-refractivity contribution in [3.05, 3.63) is 126 Å². The average molecular weight is 582 g/mol. The van der Waals surface area contributed by atoms with Crippen molar-refractivity contribution in [1.29, 1.82) is 0 Å². The van der Waals surface area contributed by atoms with E-state index in [-0.39, 0.29) is 11.4 Å². The van der Waals surface area contributed by atoms with Crippen LogP contribution in [0.15, 0.2) is 97.1 Å². The van der Waals surface area contributed by atoms with Crippen molar-refractivity contribution < 1.29 is 22.0 Å². The quantitative estimate of drug-likeness (QED) is 0.118. The Hall–Kier alpha value is -5.02. The fourth-order valence-electron chi connectivity index (χ4n) is 4.86. The fourth-order valence-corrected chi connectivity index (χ4v) is 6.01. The Morgan fingerprint density at radius 1 is 0.405 bits per heavy atom. The number of nitrogens with zero attached hydrogens (tertiary/aromatic N) is 3. The molecule has 0 bridgehead atoms.